The van der Waals surface area contributed by atoms with Crippen LogP contribution in [0.1, 0.15) is 33.1 Å². The molecular formula is C9H17ClO2. The van der Waals surface area contributed by atoms with Crippen LogP contribution in [-0.2, 0) is 9.47 Å². The monoisotopic (exact) mass is 192 g/mol. The summed E-state index contributed by atoms with van der Waals surface area (Å²) >= 11 is 5.58. The topological polar surface area (TPSA) is 18.5 Å². The van der Waals surface area contributed by atoms with Gasteiger partial charge in [-0.3, -0.25) is 0 Å². The van der Waals surface area contributed by atoms with E-state index in [4.69, 9.17) is 21.1 Å². The third kappa shape index (κ3) is 2.92. The van der Waals surface area contributed by atoms with Crippen LogP contribution in [0.15, 0.2) is 0 Å². The number of alkyl halides is 1. The largest absolute Gasteiger partial charge is 0.348 e. The van der Waals surface area contributed by atoms with Crippen LogP contribution in [0.4, 0.5) is 0 Å². The van der Waals surface area contributed by atoms with Crippen molar-refractivity contribution in [3.05, 3.63) is 0 Å². The Morgan fingerprint density at radius 2 is 2.25 bits per heavy atom. The van der Waals surface area contributed by atoms with Crippen molar-refractivity contribution in [3.63, 3.8) is 0 Å². The number of hydrogen-bond donors (Lipinski definition) is 0. The number of ether oxygens (including phenoxy) is 2. The van der Waals surface area contributed by atoms with Gasteiger partial charge in [-0.05, 0) is 26.7 Å². The van der Waals surface area contributed by atoms with Gasteiger partial charge < -0.3 is 9.47 Å². The average Bonchev–Trinajstić information content (AvgIpc) is 2.32. The van der Waals surface area contributed by atoms with E-state index in [-0.39, 0.29) is 11.9 Å². The highest BCUT2D eigenvalue weighted by molar-refractivity contribution is 6.17. The molecule has 2 atom stereocenters. The van der Waals surface area contributed by atoms with Crippen LogP contribution in [0.2, 0.25) is 0 Å². The van der Waals surface area contributed by atoms with Crippen LogP contribution in [0.5, 0.6) is 0 Å². The molecule has 2 unspecified atom stereocenters. The van der Waals surface area contributed by atoms with Crippen molar-refractivity contribution < 1.29 is 9.47 Å². The first kappa shape index (κ1) is 10.3. The Hall–Kier alpha value is 0.210. The van der Waals surface area contributed by atoms with Gasteiger partial charge in [-0.25, -0.2) is 0 Å². The van der Waals surface area contributed by atoms with E-state index in [1.165, 1.54) is 0 Å². The Morgan fingerprint density at radius 1 is 1.50 bits per heavy atom. The molecule has 1 heterocycles. The van der Waals surface area contributed by atoms with Gasteiger partial charge in [0.25, 0.3) is 0 Å². The van der Waals surface area contributed by atoms with Gasteiger partial charge in [-0.2, -0.15) is 0 Å². The van der Waals surface area contributed by atoms with Crippen molar-refractivity contribution in [1.82, 2.24) is 0 Å². The lowest BCUT2D eigenvalue weighted by atomic mass is 10.1. The standard InChI is InChI=1S/C9H17ClO2/c1-8-7-11-9(2,12-8)5-3-4-6-10/h8H,3-7H2,1-2H3. The predicted molar refractivity (Wildman–Crippen MR) is 49.5 cm³/mol. The Morgan fingerprint density at radius 3 is 2.75 bits per heavy atom. The summed E-state index contributed by atoms with van der Waals surface area (Å²) in [6, 6.07) is 0. The molecule has 1 saturated heterocycles. The van der Waals surface area contributed by atoms with Crippen molar-refractivity contribution in [1.29, 1.82) is 0 Å². The molecule has 0 aliphatic carbocycles. The SMILES string of the molecule is CC1COC(C)(CCCCCl)O1. The maximum Gasteiger partial charge on any atom is 0.166 e. The van der Waals surface area contributed by atoms with Gasteiger partial charge in [0.15, 0.2) is 5.79 Å². The van der Waals surface area contributed by atoms with Crippen LogP contribution < -0.4 is 0 Å². The van der Waals surface area contributed by atoms with E-state index in [1.54, 1.807) is 0 Å². The summed E-state index contributed by atoms with van der Waals surface area (Å²) in [6.07, 6.45) is 3.31. The Labute approximate surface area is 79.2 Å². The van der Waals surface area contributed by atoms with Gasteiger partial charge in [0.1, 0.15) is 0 Å². The smallest absolute Gasteiger partial charge is 0.166 e. The lowest BCUT2D eigenvalue weighted by Gasteiger charge is -2.22. The zero-order valence-corrected chi connectivity index (χ0v) is 8.56. The van der Waals surface area contributed by atoms with Crippen molar-refractivity contribution in [2.24, 2.45) is 0 Å². The van der Waals surface area contributed by atoms with Crippen molar-refractivity contribution in [2.75, 3.05) is 12.5 Å². The molecule has 0 saturated carbocycles. The third-order valence-corrected chi connectivity index (χ3v) is 2.36. The van der Waals surface area contributed by atoms with Gasteiger partial charge in [0.05, 0.1) is 12.7 Å². The summed E-state index contributed by atoms with van der Waals surface area (Å²) in [6.45, 7) is 4.76. The lowest BCUT2D eigenvalue weighted by Crippen LogP contribution is -2.26. The van der Waals surface area contributed by atoms with Crippen LogP contribution in [0, 0.1) is 0 Å². The number of unbranched alkanes of at least 4 members (excludes halogenated alkanes) is 1. The molecule has 3 heteroatoms. The highest BCUT2D eigenvalue weighted by Crippen LogP contribution is 2.28. The third-order valence-electron chi connectivity index (χ3n) is 2.09. The molecule has 1 fully saturated rings. The van der Waals surface area contributed by atoms with Crippen molar-refractivity contribution in [3.8, 4) is 0 Å². The molecule has 1 rings (SSSR count). The zero-order valence-electron chi connectivity index (χ0n) is 7.81. The first-order valence-electron chi connectivity index (χ1n) is 4.54. The highest BCUT2D eigenvalue weighted by atomic mass is 35.5. The van der Waals surface area contributed by atoms with Crippen LogP contribution in [0.25, 0.3) is 0 Å². The lowest BCUT2D eigenvalue weighted by molar-refractivity contribution is -0.157. The Bertz CT molecular complexity index is 140. The summed E-state index contributed by atoms with van der Waals surface area (Å²) in [5, 5.41) is 0. The molecule has 12 heavy (non-hydrogen) atoms. The molecule has 72 valence electrons. The molecule has 0 aromatic heterocycles. The molecule has 0 bridgehead atoms. The average molecular weight is 193 g/mol. The molecule has 0 radical (unpaired) electrons. The van der Waals surface area contributed by atoms with E-state index in [2.05, 4.69) is 0 Å². The van der Waals surface area contributed by atoms with E-state index in [9.17, 15) is 0 Å². The minimum absolute atomic E-state index is 0.242. The summed E-state index contributed by atoms with van der Waals surface area (Å²) in [4.78, 5) is 0. The number of hydrogen-bond acceptors (Lipinski definition) is 2. The minimum atomic E-state index is -0.342. The van der Waals surface area contributed by atoms with Gasteiger partial charge >= 0.3 is 0 Å². The fourth-order valence-corrected chi connectivity index (χ4v) is 1.65. The Kier molecular flexibility index (Phi) is 3.81. The van der Waals surface area contributed by atoms with E-state index >= 15 is 0 Å². The van der Waals surface area contributed by atoms with E-state index in [0.717, 1.165) is 31.7 Å². The summed E-state index contributed by atoms with van der Waals surface area (Å²) in [5.41, 5.74) is 0. The first-order chi connectivity index (χ1) is 5.66. The second kappa shape index (κ2) is 4.45. The van der Waals surface area contributed by atoms with Crippen LogP contribution >= 0.6 is 11.6 Å². The van der Waals surface area contributed by atoms with E-state index in [1.807, 2.05) is 13.8 Å². The predicted octanol–water partition coefficient (Wildman–Crippen LogP) is 2.55. The first-order valence-corrected chi connectivity index (χ1v) is 5.07. The summed E-state index contributed by atoms with van der Waals surface area (Å²) in [5.74, 6) is 0.386. The highest BCUT2D eigenvalue weighted by Gasteiger charge is 2.34. The molecular weight excluding hydrogens is 176 g/mol. The molecule has 0 spiro atoms. The summed E-state index contributed by atoms with van der Waals surface area (Å²) in [7, 11) is 0. The second-order valence-corrected chi connectivity index (χ2v) is 3.90. The van der Waals surface area contributed by atoms with Gasteiger partial charge in [-0.1, -0.05) is 0 Å². The van der Waals surface area contributed by atoms with Gasteiger partial charge in [0.2, 0.25) is 0 Å². The van der Waals surface area contributed by atoms with Gasteiger partial charge in [-0.15, -0.1) is 11.6 Å². The van der Waals surface area contributed by atoms with Crippen molar-refractivity contribution in [2.45, 2.75) is 45.0 Å². The van der Waals surface area contributed by atoms with E-state index in [0.29, 0.717) is 0 Å². The molecule has 0 aromatic rings. The molecule has 0 N–H and O–H groups in total. The zero-order chi connectivity index (χ0) is 9.03. The van der Waals surface area contributed by atoms with E-state index < -0.39 is 0 Å². The van der Waals surface area contributed by atoms with Gasteiger partial charge in [0, 0.05) is 12.3 Å². The minimum Gasteiger partial charge on any atom is -0.348 e. The fourth-order valence-electron chi connectivity index (χ4n) is 1.46. The van der Waals surface area contributed by atoms with Crippen molar-refractivity contribution >= 4 is 11.6 Å². The van der Waals surface area contributed by atoms with Crippen LogP contribution in [-0.4, -0.2) is 24.4 Å². The normalized spacial score (nSPS) is 35.8. The Balaban J connectivity index is 2.21. The quantitative estimate of drug-likeness (QED) is 0.504. The molecule has 0 aromatic carbocycles. The number of rotatable bonds is 4. The van der Waals surface area contributed by atoms with Crippen LogP contribution in [0.3, 0.4) is 0 Å². The molecule has 1 aliphatic heterocycles. The fraction of sp³-hybridized carbons (Fsp3) is 1.00. The molecule has 0 amide bonds. The maximum absolute atomic E-state index is 5.63. The second-order valence-electron chi connectivity index (χ2n) is 3.52. The maximum atomic E-state index is 5.63. The molecule has 1 aliphatic rings. The summed E-state index contributed by atoms with van der Waals surface area (Å²) < 4.78 is 11.2. The number of halogens is 1. The molecule has 2 nitrogen and oxygen atoms in total.